The van der Waals surface area contributed by atoms with Gasteiger partial charge < -0.3 is 26.1 Å². The number of hydrogen-bond acceptors (Lipinski definition) is 10. The summed E-state index contributed by atoms with van der Waals surface area (Å²) in [7, 11) is 0. The highest BCUT2D eigenvalue weighted by Gasteiger charge is 2.57. The molecule has 0 radical (unpaired) electrons. The Hall–Kier alpha value is -3.26. The molecule has 2 heterocycles. The Kier molecular flexibility index (Phi) is 6.62. The molecule has 0 aromatic carbocycles. The van der Waals surface area contributed by atoms with Crippen LogP contribution < -0.4 is 11.1 Å². The van der Waals surface area contributed by atoms with Crippen molar-refractivity contribution in [3.05, 3.63) is 11.1 Å². The lowest BCUT2D eigenvalue weighted by Gasteiger charge is -2.52. The minimum absolute atomic E-state index is 0.0322. The molecule has 5 N–H and O–H groups in total. The fraction of sp³-hybridized carbons (Fsp3) is 0.500. The molecule has 0 spiro atoms. The molecule has 1 fully saturated rings. The first-order chi connectivity index (χ1) is 13.9. The second-order valence-electron chi connectivity index (χ2n) is 6.88. The van der Waals surface area contributed by atoms with Crippen LogP contribution in [0.4, 0.5) is 5.13 Å². The second kappa shape index (κ2) is 8.62. The van der Waals surface area contributed by atoms with Crippen LogP contribution in [0.25, 0.3) is 0 Å². The maximum Gasteiger partial charge on any atom is 0.347 e. The van der Waals surface area contributed by atoms with Crippen LogP contribution in [-0.4, -0.2) is 73.5 Å². The van der Waals surface area contributed by atoms with Gasteiger partial charge in [0.05, 0.1) is 5.54 Å². The molecule has 0 bridgehead atoms. The number of carbonyl (C=O) groups excluding carboxylic acids is 2. The zero-order valence-electron chi connectivity index (χ0n) is 16.5. The first-order valence-corrected chi connectivity index (χ1v) is 9.46. The van der Waals surface area contributed by atoms with Crippen molar-refractivity contribution in [2.45, 2.75) is 51.5 Å². The lowest BCUT2D eigenvalue weighted by Crippen LogP contribution is -2.77. The van der Waals surface area contributed by atoms with Gasteiger partial charge in [0.2, 0.25) is 6.10 Å². The second-order valence-corrected chi connectivity index (χ2v) is 7.77. The highest BCUT2D eigenvalue weighted by Crippen LogP contribution is 2.32. The molecule has 1 aliphatic rings. The Morgan fingerprint density at radius 3 is 2.37 bits per heavy atom. The number of aromatic nitrogens is 1. The normalized spacial score (nSPS) is 20.1. The van der Waals surface area contributed by atoms with E-state index in [-0.39, 0.29) is 16.5 Å². The topological polar surface area (TPSA) is 194 Å². The number of carboxylic acids is 2. The van der Waals surface area contributed by atoms with E-state index in [9.17, 15) is 19.2 Å². The van der Waals surface area contributed by atoms with E-state index in [1.807, 2.05) is 0 Å². The van der Waals surface area contributed by atoms with Crippen molar-refractivity contribution in [2.24, 2.45) is 5.16 Å². The number of nitrogens with two attached hydrogens (primary N) is 1. The number of hydrogen-bond donors (Lipinski definition) is 4. The molecule has 164 valence electrons. The molecular weight excluding hydrogens is 422 g/mol. The van der Waals surface area contributed by atoms with E-state index in [4.69, 9.17) is 25.6 Å². The zero-order chi connectivity index (χ0) is 22.8. The molecule has 2 rings (SSSR count). The van der Waals surface area contributed by atoms with Crippen LogP contribution in [0.3, 0.4) is 0 Å². The molecule has 0 aliphatic carbocycles. The van der Waals surface area contributed by atoms with Gasteiger partial charge in [0.1, 0.15) is 11.7 Å². The van der Waals surface area contributed by atoms with Crippen LogP contribution in [0.15, 0.2) is 10.5 Å². The molecule has 30 heavy (non-hydrogen) atoms. The largest absolute Gasteiger partial charge is 0.479 e. The molecule has 1 aromatic rings. The summed E-state index contributed by atoms with van der Waals surface area (Å²) in [5, 5.41) is 26.3. The van der Waals surface area contributed by atoms with Crippen molar-refractivity contribution < 1.29 is 39.1 Å². The number of oxime groups is 1. The first-order valence-electron chi connectivity index (χ1n) is 8.58. The quantitative estimate of drug-likeness (QED) is 0.218. The number of aliphatic carboxylic acids is 2. The van der Waals surface area contributed by atoms with Gasteiger partial charge in [0, 0.05) is 5.38 Å². The lowest BCUT2D eigenvalue weighted by molar-refractivity contribution is -0.273. The van der Waals surface area contributed by atoms with Gasteiger partial charge in [-0.15, -0.1) is 11.3 Å². The summed E-state index contributed by atoms with van der Waals surface area (Å²) in [6.45, 7) is 5.60. The van der Waals surface area contributed by atoms with E-state index >= 15 is 0 Å². The number of anilines is 1. The first kappa shape index (κ1) is 23.0. The summed E-state index contributed by atoms with van der Waals surface area (Å²) in [5.74, 6) is -4.09. The third-order valence-electron chi connectivity index (χ3n) is 4.19. The van der Waals surface area contributed by atoms with E-state index in [0.717, 1.165) is 16.4 Å². The summed E-state index contributed by atoms with van der Waals surface area (Å²) in [4.78, 5) is 60.9. The van der Waals surface area contributed by atoms with Crippen LogP contribution in [0, 0.1) is 0 Å². The third kappa shape index (κ3) is 4.65. The van der Waals surface area contributed by atoms with Gasteiger partial charge in [-0.25, -0.2) is 19.6 Å². The molecule has 1 saturated heterocycles. The number of carbonyl (C=O) groups is 4. The fourth-order valence-corrected chi connectivity index (χ4v) is 2.91. The average Bonchev–Trinajstić information content (AvgIpc) is 3.09. The minimum Gasteiger partial charge on any atom is -0.479 e. The monoisotopic (exact) mass is 443 g/mol. The van der Waals surface area contributed by atoms with Crippen LogP contribution in [0.1, 0.15) is 33.4 Å². The Balaban J connectivity index is 2.19. The summed E-state index contributed by atoms with van der Waals surface area (Å²) < 4.78 is 0. The number of rotatable bonds is 9. The number of nitrogens with one attached hydrogen (secondary N) is 1. The Morgan fingerprint density at radius 1 is 1.30 bits per heavy atom. The number of thiazole rings is 1. The van der Waals surface area contributed by atoms with Crippen molar-refractivity contribution in [3.8, 4) is 0 Å². The predicted molar refractivity (Wildman–Crippen MR) is 102 cm³/mol. The van der Waals surface area contributed by atoms with Gasteiger partial charge in [0.25, 0.3) is 11.8 Å². The summed E-state index contributed by atoms with van der Waals surface area (Å²) in [6.07, 6.45) is -2.61. The highest BCUT2D eigenvalue weighted by atomic mass is 32.1. The number of hydroxylamine groups is 2. The van der Waals surface area contributed by atoms with E-state index in [1.165, 1.54) is 19.2 Å². The molecule has 0 saturated carbocycles. The van der Waals surface area contributed by atoms with E-state index < -0.39 is 47.5 Å². The van der Waals surface area contributed by atoms with Gasteiger partial charge in [0.15, 0.2) is 16.9 Å². The standard InChI is InChI=1S/C16H21N5O8S/c1-6(13(24)25)28-20-9(8-5-30-15(17)18-8)11(22)19-10-12(23)21(16(10,3)4)29-7(2)14(26)27/h5-7,10H,1-4H3,(H2,17,18)(H,19,22)(H,24,25)(H,26,27). The summed E-state index contributed by atoms with van der Waals surface area (Å²) in [5.41, 5.74) is 4.16. The predicted octanol–water partition coefficient (Wildman–Crippen LogP) is -0.571. The molecule has 2 amide bonds. The van der Waals surface area contributed by atoms with E-state index in [0.29, 0.717) is 0 Å². The number of nitrogen functional groups attached to an aromatic ring is 1. The lowest BCUT2D eigenvalue weighted by atomic mass is 9.84. The maximum absolute atomic E-state index is 12.8. The molecular formula is C16H21N5O8S. The van der Waals surface area contributed by atoms with Crippen LogP contribution in [0.5, 0.6) is 0 Å². The molecule has 1 aromatic heterocycles. The Labute approximate surface area is 174 Å². The molecule has 1 aliphatic heterocycles. The highest BCUT2D eigenvalue weighted by molar-refractivity contribution is 7.13. The van der Waals surface area contributed by atoms with Crippen molar-refractivity contribution in [1.29, 1.82) is 0 Å². The Morgan fingerprint density at radius 2 is 1.90 bits per heavy atom. The van der Waals surface area contributed by atoms with Gasteiger partial charge in [-0.3, -0.25) is 14.4 Å². The van der Waals surface area contributed by atoms with E-state index in [1.54, 1.807) is 13.8 Å². The maximum atomic E-state index is 12.8. The molecule has 13 nitrogen and oxygen atoms in total. The van der Waals surface area contributed by atoms with Crippen LogP contribution >= 0.6 is 11.3 Å². The smallest absolute Gasteiger partial charge is 0.347 e. The number of nitrogens with zero attached hydrogens (tertiary/aromatic N) is 3. The molecule has 3 unspecified atom stereocenters. The van der Waals surface area contributed by atoms with Gasteiger partial charge >= 0.3 is 11.9 Å². The van der Waals surface area contributed by atoms with Crippen molar-refractivity contribution in [3.63, 3.8) is 0 Å². The van der Waals surface area contributed by atoms with Gasteiger partial charge in [-0.05, 0) is 27.7 Å². The van der Waals surface area contributed by atoms with Gasteiger partial charge in [-0.1, -0.05) is 5.16 Å². The van der Waals surface area contributed by atoms with Crippen molar-refractivity contribution in [2.75, 3.05) is 5.73 Å². The zero-order valence-corrected chi connectivity index (χ0v) is 17.3. The third-order valence-corrected chi connectivity index (χ3v) is 4.87. The number of carboxylic acid groups (broad SMARTS) is 2. The minimum atomic E-state index is -1.34. The number of β-lactam (4-membered cyclic amide) rings is 1. The van der Waals surface area contributed by atoms with Gasteiger partial charge in [-0.2, -0.15) is 0 Å². The summed E-state index contributed by atoms with van der Waals surface area (Å²) >= 11 is 1.02. The summed E-state index contributed by atoms with van der Waals surface area (Å²) in [6, 6.07) is -1.07. The van der Waals surface area contributed by atoms with Crippen LogP contribution in [0.2, 0.25) is 0 Å². The average molecular weight is 443 g/mol. The number of amides is 2. The SMILES string of the molecule is CC(ON=C(C(=O)NC1C(=O)N(OC(C)C(=O)O)C1(C)C)c1csc(N)n1)C(=O)O. The molecule has 3 atom stereocenters. The van der Waals surface area contributed by atoms with Crippen molar-refractivity contribution >= 4 is 45.9 Å². The fourth-order valence-electron chi connectivity index (χ4n) is 2.36. The molecule has 14 heteroatoms. The van der Waals surface area contributed by atoms with E-state index in [2.05, 4.69) is 15.5 Å². The Bertz CT molecular complexity index is 898. The van der Waals surface area contributed by atoms with Crippen LogP contribution in [-0.2, 0) is 28.9 Å². The van der Waals surface area contributed by atoms with Crippen molar-refractivity contribution in [1.82, 2.24) is 15.4 Å².